The highest BCUT2D eigenvalue weighted by atomic mass is 16.1. The number of carbonyl (C=O) groups excluding carboxylic acids is 1. The minimum absolute atomic E-state index is 0.0819. The van der Waals surface area contributed by atoms with Crippen LogP contribution in [0.5, 0.6) is 0 Å². The van der Waals surface area contributed by atoms with Gasteiger partial charge in [-0.3, -0.25) is 14.7 Å². The largest absolute Gasteiger partial charge is 0.352 e. The van der Waals surface area contributed by atoms with Gasteiger partial charge in [0, 0.05) is 23.9 Å². The number of aryl methyl sites for hydroxylation is 2. The Morgan fingerprint density at radius 3 is 2.89 bits per heavy atom. The normalized spacial score (nSPS) is 10.8. The lowest BCUT2D eigenvalue weighted by atomic mass is 10.2. The first-order valence-electron chi connectivity index (χ1n) is 5.87. The smallest absolute Gasteiger partial charge is 0.278 e. The van der Waals surface area contributed by atoms with Crippen molar-refractivity contribution in [1.29, 1.82) is 0 Å². The Morgan fingerprint density at radius 2 is 2.22 bits per heavy atom. The van der Waals surface area contributed by atoms with Crippen LogP contribution in [0.2, 0.25) is 0 Å². The van der Waals surface area contributed by atoms with Crippen molar-refractivity contribution in [2.24, 2.45) is 0 Å². The highest BCUT2D eigenvalue weighted by Gasteiger charge is 2.11. The lowest BCUT2D eigenvalue weighted by Crippen LogP contribution is -2.28. The number of amides is 1. The molecule has 2 rings (SSSR count). The summed E-state index contributed by atoms with van der Waals surface area (Å²) < 4.78 is 1.75. The van der Waals surface area contributed by atoms with Gasteiger partial charge < -0.3 is 5.32 Å². The lowest BCUT2D eigenvalue weighted by Gasteiger charge is -2.07. The summed E-state index contributed by atoms with van der Waals surface area (Å²) in [5.74, 6) is -0.0819. The number of carbonyl (C=O) groups is 1. The number of rotatable bonds is 3. The van der Waals surface area contributed by atoms with Crippen LogP contribution in [-0.2, 0) is 11.3 Å². The van der Waals surface area contributed by atoms with E-state index >= 15 is 0 Å². The number of H-pyrrole nitrogens is 1. The van der Waals surface area contributed by atoms with Crippen LogP contribution in [0.25, 0.3) is 5.65 Å². The van der Waals surface area contributed by atoms with E-state index in [1.807, 2.05) is 19.9 Å². The highest BCUT2D eigenvalue weighted by Crippen LogP contribution is 2.07. The molecule has 2 heterocycles. The van der Waals surface area contributed by atoms with Crippen LogP contribution in [0.1, 0.15) is 30.3 Å². The molecule has 2 aromatic heterocycles. The number of aromatic amines is 1. The Bertz CT molecular complexity index is 654. The number of hydrogen-bond acceptors (Lipinski definition) is 3. The van der Waals surface area contributed by atoms with E-state index in [9.17, 15) is 9.59 Å². The van der Waals surface area contributed by atoms with E-state index in [0.29, 0.717) is 17.6 Å². The minimum Gasteiger partial charge on any atom is -0.352 e. The molecule has 0 aliphatic carbocycles. The van der Waals surface area contributed by atoms with Gasteiger partial charge in [-0.1, -0.05) is 6.92 Å². The molecule has 0 bridgehead atoms. The first-order chi connectivity index (χ1) is 8.52. The predicted molar refractivity (Wildman–Crippen MR) is 67.4 cm³/mol. The number of aromatic nitrogens is 3. The molecule has 1 amide bonds. The third kappa shape index (κ3) is 2.13. The standard InChI is InChI=1S/C12H16N4O2/c1-4-11(17)13-6-9-8(3)16-10(14-12(9)18)5-7(2)15-16/h5,15H,4,6H2,1-3H3,(H,13,17). The number of nitrogens with zero attached hydrogens (tertiary/aromatic N) is 2. The van der Waals surface area contributed by atoms with E-state index in [2.05, 4.69) is 15.4 Å². The van der Waals surface area contributed by atoms with Crippen molar-refractivity contribution < 1.29 is 4.79 Å². The lowest BCUT2D eigenvalue weighted by molar-refractivity contribution is -0.120. The predicted octanol–water partition coefficient (Wildman–Crippen LogP) is 0.666. The molecule has 0 atom stereocenters. The molecule has 0 fully saturated rings. The molecule has 0 unspecified atom stereocenters. The molecule has 0 aromatic carbocycles. The quantitative estimate of drug-likeness (QED) is 0.837. The third-order valence-corrected chi connectivity index (χ3v) is 2.89. The van der Waals surface area contributed by atoms with E-state index in [-0.39, 0.29) is 18.0 Å². The zero-order valence-corrected chi connectivity index (χ0v) is 10.7. The van der Waals surface area contributed by atoms with Crippen LogP contribution >= 0.6 is 0 Å². The van der Waals surface area contributed by atoms with Gasteiger partial charge in [-0.15, -0.1) is 0 Å². The van der Waals surface area contributed by atoms with Gasteiger partial charge in [-0.2, -0.15) is 4.98 Å². The van der Waals surface area contributed by atoms with Gasteiger partial charge in [-0.25, -0.2) is 4.52 Å². The molecular formula is C12H16N4O2. The zero-order valence-electron chi connectivity index (χ0n) is 10.7. The molecule has 0 aliphatic rings. The monoisotopic (exact) mass is 248 g/mol. The van der Waals surface area contributed by atoms with Crippen molar-refractivity contribution in [1.82, 2.24) is 19.9 Å². The summed E-state index contributed by atoms with van der Waals surface area (Å²) in [5, 5.41) is 5.79. The maximum Gasteiger partial charge on any atom is 0.278 e. The first kappa shape index (κ1) is 12.3. The summed E-state index contributed by atoms with van der Waals surface area (Å²) in [5.41, 5.74) is 2.52. The fourth-order valence-electron chi connectivity index (χ4n) is 1.84. The van der Waals surface area contributed by atoms with E-state index < -0.39 is 0 Å². The molecule has 6 heteroatoms. The van der Waals surface area contributed by atoms with Gasteiger partial charge in [-0.05, 0) is 13.8 Å². The number of hydrogen-bond donors (Lipinski definition) is 2. The molecule has 2 N–H and O–H groups in total. The summed E-state index contributed by atoms with van der Waals surface area (Å²) >= 11 is 0. The fraction of sp³-hybridized carbons (Fsp3) is 0.417. The van der Waals surface area contributed by atoms with Crippen LogP contribution in [-0.4, -0.2) is 20.5 Å². The summed E-state index contributed by atoms with van der Waals surface area (Å²) in [6.45, 7) is 5.72. The molecular weight excluding hydrogens is 232 g/mol. The average Bonchev–Trinajstić information content (AvgIpc) is 2.69. The number of nitrogens with one attached hydrogen (secondary N) is 2. The molecule has 0 saturated heterocycles. The maximum absolute atomic E-state index is 11.9. The topological polar surface area (TPSA) is 79.3 Å². The average molecular weight is 248 g/mol. The highest BCUT2D eigenvalue weighted by molar-refractivity contribution is 5.75. The molecule has 6 nitrogen and oxygen atoms in total. The van der Waals surface area contributed by atoms with Crippen LogP contribution in [0.15, 0.2) is 10.9 Å². The second-order valence-corrected chi connectivity index (χ2v) is 4.24. The Kier molecular flexibility index (Phi) is 3.18. The fourth-order valence-corrected chi connectivity index (χ4v) is 1.84. The molecule has 18 heavy (non-hydrogen) atoms. The van der Waals surface area contributed by atoms with Crippen molar-refractivity contribution in [3.05, 3.63) is 33.4 Å². The van der Waals surface area contributed by atoms with Crippen LogP contribution in [0.3, 0.4) is 0 Å². The Hall–Kier alpha value is -2.11. The molecule has 2 aromatic rings. The van der Waals surface area contributed by atoms with Crippen LogP contribution in [0, 0.1) is 13.8 Å². The van der Waals surface area contributed by atoms with Gasteiger partial charge in [0.25, 0.3) is 5.56 Å². The van der Waals surface area contributed by atoms with Crippen LogP contribution in [0.4, 0.5) is 0 Å². The molecule has 0 saturated carbocycles. The summed E-state index contributed by atoms with van der Waals surface area (Å²) in [6, 6.07) is 1.81. The van der Waals surface area contributed by atoms with E-state index in [1.165, 1.54) is 0 Å². The third-order valence-electron chi connectivity index (χ3n) is 2.89. The molecule has 0 radical (unpaired) electrons. The second-order valence-electron chi connectivity index (χ2n) is 4.24. The van der Waals surface area contributed by atoms with Crippen LogP contribution < -0.4 is 10.9 Å². The van der Waals surface area contributed by atoms with Crippen molar-refractivity contribution in [3.8, 4) is 0 Å². The van der Waals surface area contributed by atoms with Gasteiger partial charge in [0.1, 0.15) is 0 Å². The summed E-state index contributed by atoms with van der Waals surface area (Å²) in [7, 11) is 0. The van der Waals surface area contributed by atoms with Gasteiger partial charge >= 0.3 is 0 Å². The second kappa shape index (κ2) is 4.64. The van der Waals surface area contributed by atoms with Gasteiger partial charge in [0.05, 0.1) is 12.1 Å². The van der Waals surface area contributed by atoms with Crippen molar-refractivity contribution in [2.45, 2.75) is 33.7 Å². The molecule has 0 spiro atoms. The first-order valence-corrected chi connectivity index (χ1v) is 5.87. The molecule has 96 valence electrons. The summed E-state index contributed by atoms with van der Waals surface area (Å²) in [6.07, 6.45) is 0.400. The summed E-state index contributed by atoms with van der Waals surface area (Å²) in [4.78, 5) is 27.1. The Morgan fingerprint density at radius 1 is 1.50 bits per heavy atom. The zero-order chi connectivity index (χ0) is 13.3. The minimum atomic E-state index is -0.289. The van der Waals surface area contributed by atoms with E-state index in [1.54, 1.807) is 11.4 Å². The van der Waals surface area contributed by atoms with E-state index in [0.717, 1.165) is 11.4 Å². The Balaban J connectivity index is 2.44. The van der Waals surface area contributed by atoms with Gasteiger partial charge in [0.2, 0.25) is 5.91 Å². The van der Waals surface area contributed by atoms with Crippen molar-refractivity contribution >= 4 is 11.6 Å². The van der Waals surface area contributed by atoms with Crippen molar-refractivity contribution in [3.63, 3.8) is 0 Å². The molecule has 0 aliphatic heterocycles. The van der Waals surface area contributed by atoms with Crippen molar-refractivity contribution in [2.75, 3.05) is 0 Å². The van der Waals surface area contributed by atoms with Gasteiger partial charge in [0.15, 0.2) is 5.65 Å². The Labute approximate surface area is 104 Å². The maximum atomic E-state index is 11.9. The number of fused-ring (bicyclic) bond motifs is 1. The van der Waals surface area contributed by atoms with E-state index in [4.69, 9.17) is 0 Å². The SMILES string of the molecule is CCC(=O)NCc1c(C)n2[nH]c(C)cc2nc1=O.